The number of fused-ring (bicyclic) bond motifs is 1. The first-order valence-corrected chi connectivity index (χ1v) is 6.84. The molecule has 19 heavy (non-hydrogen) atoms. The van der Waals surface area contributed by atoms with Crippen LogP contribution in [0.5, 0.6) is 0 Å². The number of rotatable bonds is 4. The van der Waals surface area contributed by atoms with Crippen LogP contribution in [0.1, 0.15) is 1.43 Å². The van der Waals surface area contributed by atoms with Crippen molar-refractivity contribution in [2.45, 2.75) is 4.90 Å². The molecule has 0 aliphatic carbocycles. The molecule has 0 amide bonds. The van der Waals surface area contributed by atoms with E-state index in [1.807, 2.05) is 12.1 Å². The molecule has 0 aromatic heterocycles. The maximum Gasteiger partial charge on any atom is 1.00 e. The molecule has 0 radical (unpaired) electrons. The van der Waals surface area contributed by atoms with Gasteiger partial charge >= 0.3 is 29.6 Å². The molecule has 4 N–H and O–H groups in total. The molecule has 98 valence electrons. The van der Waals surface area contributed by atoms with Gasteiger partial charge in [0.25, 0.3) is 10.1 Å². The smallest absolute Gasteiger partial charge is 1.00 e. The second kappa shape index (κ2) is 6.69. The molecular weight excluding hydrogens is 275 g/mol. The van der Waals surface area contributed by atoms with Crippen molar-refractivity contribution in [3.63, 3.8) is 0 Å². The van der Waals surface area contributed by atoms with Crippen LogP contribution in [0.3, 0.4) is 0 Å². The van der Waals surface area contributed by atoms with Gasteiger partial charge in [-0.3, -0.25) is 4.18 Å². The van der Waals surface area contributed by atoms with Crippen molar-refractivity contribution in [1.82, 2.24) is 0 Å². The van der Waals surface area contributed by atoms with Crippen LogP contribution < -0.4 is 41.0 Å². The van der Waals surface area contributed by atoms with Gasteiger partial charge in [0.05, 0.1) is 12.3 Å². The van der Waals surface area contributed by atoms with Crippen molar-refractivity contribution < 1.29 is 43.6 Å². The van der Waals surface area contributed by atoms with Crippen LogP contribution in [-0.2, 0) is 14.3 Å². The summed E-state index contributed by atoms with van der Waals surface area (Å²) in [5.41, 5.74) is 11.2. The van der Waals surface area contributed by atoms with Crippen LogP contribution in [-0.4, -0.2) is 21.6 Å². The third kappa shape index (κ3) is 3.47. The molecular formula is C12H15N2NaO3S. The molecule has 0 spiro atoms. The molecule has 5 nitrogen and oxygen atoms in total. The monoisotopic (exact) mass is 290 g/mol. The van der Waals surface area contributed by atoms with Gasteiger partial charge in [0.2, 0.25) is 0 Å². The predicted octanol–water partition coefficient (Wildman–Crippen LogP) is -1.80. The van der Waals surface area contributed by atoms with Crippen molar-refractivity contribution in [2.75, 3.05) is 18.9 Å². The SMILES string of the molecule is NCCOS(=O)(=O)c1c(N)ccc2ccccc12.[H-].[Na+]. The number of nitrogens with two attached hydrogens (primary N) is 2. The summed E-state index contributed by atoms with van der Waals surface area (Å²) in [4.78, 5) is 0.00838. The Bertz CT molecular complexity index is 679. The first kappa shape index (κ1) is 16.4. The summed E-state index contributed by atoms with van der Waals surface area (Å²) in [6.45, 7) is 0.0644. The number of nitrogen functional groups attached to an aromatic ring is 1. The minimum Gasteiger partial charge on any atom is -1.00 e. The van der Waals surface area contributed by atoms with Gasteiger partial charge in [-0.05, 0) is 11.5 Å². The maximum absolute atomic E-state index is 12.1. The van der Waals surface area contributed by atoms with Gasteiger partial charge in [-0.15, -0.1) is 0 Å². The zero-order chi connectivity index (χ0) is 13.2. The Morgan fingerprint density at radius 3 is 2.53 bits per heavy atom. The first-order valence-electron chi connectivity index (χ1n) is 5.43. The maximum atomic E-state index is 12.1. The largest absolute Gasteiger partial charge is 1.00 e. The van der Waals surface area contributed by atoms with E-state index >= 15 is 0 Å². The van der Waals surface area contributed by atoms with Crippen molar-refractivity contribution in [3.8, 4) is 0 Å². The Labute approximate surface area is 135 Å². The van der Waals surface area contributed by atoms with E-state index in [2.05, 4.69) is 0 Å². The van der Waals surface area contributed by atoms with E-state index in [0.29, 0.717) is 5.39 Å². The summed E-state index contributed by atoms with van der Waals surface area (Å²) in [7, 11) is -3.88. The summed E-state index contributed by atoms with van der Waals surface area (Å²) in [6, 6.07) is 10.4. The molecule has 0 atom stereocenters. The van der Waals surface area contributed by atoms with Gasteiger partial charge in [-0.1, -0.05) is 30.3 Å². The summed E-state index contributed by atoms with van der Waals surface area (Å²) < 4.78 is 29.0. The molecule has 0 aliphatic rings. The molecule has 7 heteroatoms. The van der Waals surface area contributed by atoms with Crippen LogP contribution in [0.2, 0.25) is 0 Å². The van der Waals surface area contributed by atoms with Gasteiger partial charge in [0.1, 0.15) is 4.90 Å². The Hall–Kier alpha value is -0.630. The van der Waals surface area contributed by atoms with Gasteiger partial charge in [-0.2, -0.15) is 8.42 Å². The minimum atomic E-state index is -3.88. The fourth-order valence-electron chi connectivity index (χ4n) is 1.76. The van der Waals surface area contributed by atoms with Gasteiger partial charge in [0, 0.05) is 11.9 Å². The number of benzene rings is 2. The second-order valence-corrected chi connectivity index (χ2v) is 5.32. The first-order chi connectivity index (χ1) is 8.56. The molecule has 0 saturated carbocycles. The Balaban J connectivity index is 0.00000180. The molecule has 0 saturated heterocycles. The minimum absolute atomic E-state index is 0. The molecule has 2 aromatic carbocycles. The summed E-state index contributed by atoms with van der Waals surface area (Å²) in [5, 5.41) is 1.34. The Morgan fingerprint density at radius 2 is 1.84 bits per heavy atom. The van der Waals surface area contributed by atoms with E-state index in [0.717, 1.165) is 5.39 Å². The molecule has 2 aromatic rings. The molecule has 0 bridgehead atoms. The van der Waals surface area contributed by atoms with Gasteiger partial charge in [-0.25, -0.2) is 0 Å². The Morgan fingerprint density at radius 1 is 1.16 bits per heavy atom. The van der Waals surface area contributed by atoms with Crippen LogP contribution in [0.25, 0.3) is 10.8 Å². The van der Waals surface area contributed by atoms with E-state index in [4.69, 9.17) is 15.7 Å². The molecule has 2 rings (SSSR count). The Kier molecular flexibility index (Phi) is 5.79. The topological polar surface area (TPSA) is 95.4 Å². The van der Waals surface area contributed by atoms with Crippen molar-refractivity contribution in [1.29, 1.82) is 0 Å². The fourth-order valence-corrected chi connectivity index (χ4v) is 3.00. The fraction of sp³-hybridized carbons (Fsp3) is 0.167. The number of anilines is 1. The van der Waals surface area contributed by atoms with Gasteiger partial charge in [0.15, 0.2) is 0 Å². The second-order valence-electron chi connectivity index (χ2n) is 3.77. The number of hydrogen-bond acceptors (Lipinski definition) is 5. The summed E-state index contributed by atoms with van der Waals surface area (Å²) in [6.07, 6.45) is 0. The normalized spacial score (nSPS) is 11.2. The number of hydrogen-bond donors (Lipinski definition) is 2. The quantitative estimate of drug-likeness (QED) is 0.394. The van der Waals surface area contributed by atoms with E-state index < -0.39 is 10.1 Å². The van der Waals surface area contributed by atoms with Crippen molar-refractivity contribution in [3.05, 3.63) is 36.4 Å². The van der Waals surface area contributed by atoms with E-state index in [9.17, 15) is 8.42 Å². The molecule has 0 heterocycles. The van der Waals surface area contributed by atoms with E-state index in [1.165, 1.54) is 0 Å². The summed E-state index contributed by atoms with van der Waals surface area (Å²) >= 11 is 0. The van der Waals surface area contributed by atoms with Crippen LogP contribution in [0, 0.1) is 0 Å². The van der Waals surface area contributed by atoms with Crippen LogP contribution in [0.4, 0.5) is 5.69 Å². The third-order valence-electron chi connectivity index (χ3n) is 2.52. The van der Waals surface area contributed by atoms with E-state index in [1.54, 1.807) is 24.3 Å². The molecule has 0 aliphatic heterocycles. The van der Waals surface area contributed by atoms with Crippen molar-refractivity contribution >= 4 is 26.6 Å². The standard InChI is InChI=1S/C12H14N2O3S.Na.H/c13-7-8-17-18(15,16)12-10-4-2-1-3-9(10)5-6-11(12)14;;/h1-6H,7-8,13-14H2;;/q;+1;-1. The zero-order valence-electron chi connectivity index (χ0n) is 11.7. The predicted molar refractivity (Wildman–Crippen MR) is 71.7 cm³/mol. The average Bonchev–Trinajstić information content (AvgIpc) is 2.36. The van der Waals surface area contributed by atoms with Crippen molar-refractivity contribution in [2.24, 2.45) is 5.73 Å². The zero-order valence-corrected chi connectivity index (χ0v) is 13.5. The third-order valence-corrected chi connectivity index (χ3v) is 3.95. The van der Waals surface area contributed by atoms with Crippen LogP contribution in [0.15, 0.2) is 41.3 Å². The average molecular weight is 290 g/mol. The molecule has 0 fully saturated rings. The summed E-state index contributed by atoms with van der Waals surface area (Å²) in [5.74, 6) is 0. The van der Waals surface area contributed by atoms with E-state index in [-0.39, 0.29) is 54.7 Å². The van der Waals surface area contributed by atoms with Gasteiger partial charge < -0.3 is 12.9 Å². The molecule has 0 unspecified atom stereocenters. The van der Waals surface area contributed by atoms with Crippen LogP contribution >= 0.6 is 0 Å².